The van der Waals surface area contributed by atoms with Crippen LogP contribution in [0, 0.1) is 5.92 Å². The average Bonchev–Trinajstić information content (AvgIpc) is 3.47. The Kier molecular flexibility index (Phi) is 6.05. The van der Waals surface area contributed by atoms with Gasteiger partial charge in [0.1, 0.15) is 10.0 Å². The van der Waals surface area contributed by atoms with Crippen LogP contribution in [-0.2, 0) is 9.84 Å². The number of carbonyl (C=O) groups excluding carboxylic acids is 2. The van der Waals surface area contributed by atoms with E-state index in [0.717, 1.165) is 37.0 Å². The number of Topliss-reactive ketones (excluding diaryl/α,β-unsaturated/α-hetero) is 1. The molecule has 160 valence electrons. The van der Waals surface area contributed by atoms with Crippen LogP contribution in [0.5, 0.6) is 0 Å². The molecule has 0 atom stereocenters. The van der Waals surface area contributed by atoms with Gasteiger partial charge in [0, 0.05) is 18.3 Å². The Bertz CT molecular complexity index is 1210. The van der Waals surface area contributed by atoms with Crippen molar-refractivity contribution in [2.24, 2.45) is 5.92 Å². The van der Waals surface area contributed by atoms with Crippen LogP contribution < -0.4 is 10.6 Å². The van der Waals surface area contributed by atoms with Crippen molar-refractivity contribution in [3.8, 4) is 0 Å². The lowest BCUT2D eigenvalue weighted by molar-refractivity contribution is 0.0923. The molecule has 1 aliphatic carbocycles. The van der Waals surface area contributed by atoms with Gasteiger partial charge in [-0.3, -0.25) is 15.4 Å². The average molecular weight is 458 g/mol. The van der Waals surface area contributed by atoms with Crippen molar-refractivity contribution in [3.63, 3.8) is 0 Å². The minimum Gasteiger partial charge on any atom is -0.294 e. The van der Waals surface area contributed by atoms with Crippen molar-refractivity contribution >= 4 is 43.9 Å². The molecule has 0 bridgehead atoms. The van der Waals surface area contributed by atoms with Crippen LogP contribution in [0.3, 0.4) is 0 Å². The second kappa shape index (κ2) is 8.90. The molecule has 0 unspecified atom stereocenters. The Balaban J connectivity index is 1.47. The fraction of sp³-hybridized carbons (Fsp3) is 0.250. The molecule has 2 N–H and O–H groups in total. The zero-order valence-electron chi connectivity index (χ0n) is 16.3. The van der Waals surface area contributed by atoms with Crippen LogP contribution in [-0.4, -0.2) is 35.2 Å². The maximum absolute atomic E-state index is 12.8. The van der Waals surface area contributed by atoms with E-state index >= 15 is 0 Å². The molecule has 3 aromatic heterocycles. The van der Waals surface area contributed by atoms with Gasteiger partial charge in [-0.15, -0.1) is 0 Å². The second-order valence-electron chi connectivity index (χ2n) is 6.98. The van der Waals surface area contributed by atoms with Crippen molar-refractivity contribution < 1.29 is 18.0 Å². The monoisotopic (exact) mass is 457 g/mol. The molecule has 0 spiro atoms. The lowest BCUT2D eigenvalue weighted by Gasteiger charge is -2.12. The number of aromatic nitrogens is 3. The smallest absolute Gasteiger partial charge is 0.294 e. The Morgan fingerprint density at radius 2 is 1.74 bits per heavy atom. The standard InChI is InChI=1S/C20H19N5O4S2/c26-17(13-6-1-2-7-13)14-8-5-11-22-18(14)24-19(27)25-20-23-12-16(30-20)31(28,29)15-9-3-4-10-21-15/h3-5,8-13H,1-2,6-7H2,(H2,22,23,24,25,27). The fourth-order valence-corrected chi connectivity index (χ4v) is 5.73. The number of carbonyl (C=O) groups is 2. The Morgan fingerprint density at radius 3 is 2.48 bits per heavy atom. The number of rotatable bonds is 6. The number of pyridine rings is 2. The van der Waals surface area contributed by atoms with Crippen LogP contribution in [0.25, 0.3) is 0 Å². The van der Waals surface area contributed by atoms with E-state index in [4.69, 9.17) is 0 Å². The van der Waals surface area contributed by atoms with Crippen molar-refractivity contribution in [1.29, 1.82) is 0 Å². The van der Waals surface area contributed by atoms with Gasteiger partial charge < -0.3 is 0 Å². The first kappa shape index (κ1) is 21.1. The Hall–Kier alpha value is -3.18. The molecule has 3 aromatic rings. The van der Waals surface area contributed by atoms with E-state index < -0.39 is 15.9 Å². The molecular formula is C20H19N5O4S2. The molecule has 11 heteroatoms. The van der Waals surface area contributed by atoms with Gasteiger partial charge in [0.05, 0.1) is 11.8 Å². The first-order valence-corrected chi connectivity index (χ1v) is 11.9. The highest BCUT2D eigenvalue weighted by Gasteiger charge is 2.27. The van der Waals surface area contributed by atoms with E-state index in [1.54, 1.807) is 24.3 Å². The number of nitrogens with zero attached hydrogens (tertiary/aromatic N) is 3. The summed E-state index contributed by atoms with van der Waals surface area (Å²) in [5.41, 5.74) is 0.363. The van der Waals surface area contributed by atoms with E-state index in [2.05, 4.69) is 25.6 Å². The number of amides is 2. The van der Waals surface area contributed by atoms with E-state index in [1.807, 2.05) is 0 Å². The molecule has 2 amide bonds. The predicted molar refractivity (Wildman–Crippen MR) is 115 cm³/mol. The number of hydrogen-bond donors (Lipinski definition) is 2. The van der Waals surface area contributed by atoms with E-state index in [1.165, 1.54) is 24.7 Å². The van der Waals surface area contributed by atoms with Crippen molar-refractivity contribution in [2.45, 2.75) is 34.9 Å². The minimum atomic E-state index is -3.82. The van der Waals surface area contributed by atoms with Crippen LogP contribution >= 0.6 is 11.3 Å². The largest absolute Gasteiger partial charge is 0.326 e. The minimum absolute atomic E-state index is 0.0288. The lowest BCUT2D eigenvalue weighted by atomic mass is 9.97. The van der Waals surface area contributed by atoms with Gasteiger partial charge in [-0.1, -0.05) is 30.2 Å². The molecule has 0 aliphatic heterocycles. The summed E-state index contributed by atoms with van der Waals surface area (Å²) in [5, 5.41) is 5.05. The summed E-state index contributed by atoms with van der Waals surface area (Å²) < 4.78 is 25.2. The Morgan fingerprint density at radius 1 is 0.968 bits per heavy atom. The molecule has 0 saturated heterocycles. The lowest BCUT2D eigenvalue weighted by Crippen LogP contribution is -2.23. The third kappa shape index (κ3) is 4.62. The summed E-state index contributed by atoms with van der Waals surface area (Å²) >= 11 is 0.806. The van der Waals surface area contributed by atoms with Crippen LogP contribution in [0.15, 0.2) is 58.2 Å². The van der Waals surface area contributed by atoms with Gasteiger partial charge in [-0.25, -0.2) is 28.2 Å². The van der Waals surface area contributed by atoms with Crippen molar-refractivity contribution in [2.75, 3.05) is 10.6 Å². The zero-order chi connectivity index (χ0) is 21.8. The Labute approximate surface area is 182 Å². The number of ketones is 1. The third-order valence-electron chi connectivity index (χ3n) is 4.91. The number of hydrogen-bond acceptors (Lipinski definition) is 8. The summed E-state index contributed by atoms with van der Waals surface area (Å²) in [6.07, 6.45) is 7.76. The van der Waals surface area contributed by atoms with Gasteiger partial charge in [-0.2, -0.15) is 0 Å². The van der Waals surface area contributed by atoms with E-state index in [-0.39, 0.29) is 31.9 Å². The molecule has 1 aliphatic rings. The summed E-state index contributed by atoms with van der Waals surface area (Å²) in [7, 11) is -3.82. The van der Waals surface area contributed by atoms with Gasteiger partial charge in [0.2, 0.25) is 9.84 Å². The van der Waals surface area contributed by atoms with Gasteiger partial charge in [0.15, 0.2) is 15.9 Å². The summed E-state index contributed by atoms with van der Waals surface area (Å²) in [6, 6.07) is 7.21. The van der Waals surface area contributed by atoms with Crippen LogP contribution in [0.2, 0.25) is 0 Å². The van der Waals surface area contributed by atoms with E-state index in [9.17, 15) is 18.0 Å². The van der Waals surface area contributed by atoms with E-state index in [0.29, 0.717) is 5.56 Å². The highest BCUT2D eigenvalue weighted by atomic mass is 32.2. The molecule has 1 fully saturated rings. The third-order valence-corrected chi connectivity index (χ3v) is 7.96. The van der Waals surface area contributed by atoms with Gasteiger partial charge >= 0.3 is 6.03 Å². The SMILES string of the molecule is O=C(Nc1ncc(S(=O)(=O)c2ccccn2)s1)Nc1ncccc1C(=O)C1CCCC1. The molecule has 4 rings (SSSR count). The topological polar surface area (TPSA) is 131 Å². The highest BCUT2D eigenvalue weighted by molar-refractivity contribution is 7.93. The number of nitrogens with one attached hydrogen (secondary N) is 2. The molecule has 9 nitrogen and oxygen atoms in total. The quantitative estimate of drug-likeness (QED) is 0.539. The normalized spacial score (nSPS) is 14.3. The summed E-state index contributed by atoms with van der Waals surface area (Å²) in [6.45, 7) is 0. The number of sulfone groups is 1. The molecule has 0 aromatic carbocycles. The molecule has 31 heavy (non-hydrogen) atoms. The fourth-order valence-electron chi connectivity index (χ4n) is 3.40. The highest BCUT2D eigenvalue weighted by Crippen LogP contribution is 2.30. The van der Waals surface area contributed by atoms with Gasteiger partial charge in [0.25, 0.3) is 0 Å². The number of thiazole rings is 1. The summed E-state index contributed by atoms with van der Waals surface area (Å²) in [5.74, 6) is 0.0832. The van der Waals surface area contributed by atoms with Crippen molar-refractivity contribution in [3.05, 3.63) is 54.5 Å². The number of anilines is 2. The summed E-state index contributed by atoms with van der Waals surface area (Å²) in [4.78, 5) is 37.1. The molecule has 1 saturated carbocycles. The second-order valence-corrected chi connectivity index (χ2v) is 10.1. The molecule has 3 heterocycles. The maximum Gasteiger partial charge on any atom is 0.326 e. The van der Waals surface area contributed by atoms with Crippen LogP contribution in [0.4, 0.5) is 15.7 Å². The predicted octanol–water partition coefficient (Wildman–Crippen LogP) is 3.78. The molecule has 0 radical (unpaired) electrons. The maximum atomic E-state index is 12.8. The zero-order valence-corrected chi connectivity index (χ0v) is 17.9. The first-order valence-electron chi connectivity index (χ1n) is 9.64. The van der Waals surface area contributed by atoms with Crippen LogP contribution in [0.1, 0.15) is 36.0 Å². The molecular weight excluding hydrogens is 438 g/mol. The van der Waals surface area contributed by atoms with Crippen molar-refractivity contribution in [1.82, 2.24) is 15.0 Å². The number of urea groups is 1. The van der Waals surface area contributed by atoms with Gasteiger partial charge in [-0.05, 0) is 37.1 Å². The first-order chi connectivity index (χ1) is 14.9.